The first-order valence-electron chi connectivity index (χ1n) is 4.58. The van der Waals surface area contributed by atoms with Crippen LogP contribution in [0, 0.1) is 5.92 Å². The van der Waals surface area contributed by atoms with Gasteiger partial charge < -0.3 is 10.0 Å². The third-order valence-electron chi connectivity index (χ3n) is 2.24. The van der Waals surface area contributed by atoms with E-state index in [1.165, 1.54) is 0 Å². The van der Waals surface area contributed by atoms with E-state index in [4.69, 9.17) is 5.11 Å². The molecule has 0 radical (unpaired) electrons. The third-order valence-corrected chi connectivity index (χ3v) is 2.24. The molecule has 0 fully saturated rings. The number of carboxylic acids is 1. The van der Waals surface area contributed by atoms with Gasteiger partial charge in [-0.05, 0) is 6.42 Å². The maximum absolute atomic E-state index is 10.5. The van der Waals surface area contributed by atoms with Crippen molar-refractivity contribution >= 4 is 11.8 Å². The van der Waals surface area contributed by atoms with Crippen molar-refractivity contribution in [1.82, 2.24) is 4.90 Å². The van der Waals surface area contributed by atoms with Crippen LogP contribution in [0.1, 0.15) is 19.8 Å². The van der Waals surface area contributed by atoms with Crippen molar-refractivity contribution in [3.63, 3.8) is 0 Å². The van der Waals surface area contributed by atoms with Crippen molar-refractivity contribution in [2.45, 2.75) is 19.8 Å². The Bertz CT molecular complexity index is 226. The van der Waals surface area contributed by atoms with E-state index in [1.807, 2.05) is 14.0 Å². The lowest BCUT2D eigenvalue weighted by atomic mass is 10.1. The summed E-state index contributed by atoms with van der Waals surface area (Å²) in [5.74, 6) is 0.214. The number of carboxylic acid groups (broad SMARTS) is 1. The highest BCUT2D eigenvalue weighted by molar-refractivity contribution is 5.87. The van der Waals surface area contributed by atoms with E-state index in [0.717, 1.165) is 25.3 Å². The fourth-order valence-electron chi connectivity index (χ4n) is 1.62. The van der Waals surface area contributed by atoms with Crippen molar-refractivity contribution in [2.75, 3.05) is 20.1 Å². The highest BCUT2D eigenvalue weighted by Crippen LogP contribution is 2.12. The number of nitrogens with zero attached hydrogens (tertiary/aromatic N) is 2. The van der Waals surface area contributed by atoms with E-state index in [0.29, 0.717) is 0 Å². The summed E-state index contributed by atoms with van der Waals surface area (Å²) in [6.07, 6.45) is 1.24. The second-order valence-corrected chi connectivity index (χ2v) is 3.51. The topological polar surface area (TPSA) is 52.9 Å². The van der Waals surface area contributed by atoms with Gasteiger partial charge in [-0.1, -0.05) is 6.92 Å². The van der Waals surface area contributed by atoms with Gasteiger partial charge >= 0.3 is 5.97 Å². The molecule has 0 spiro atoms. The molecule has 4 heteroatoms. The van der Waals surface area contributed by atoms with Gasteiger partial charge in [0.1, 0.15) is 5.84 Å². The summed E-state index contributed by atoms with van der Waals surface area (Å²) < 4.78 is 0. The van der Waals surface area contributed by atoms with E-state index in [1.54, 1.807) is 0 Å². The van der Waals surface area contributed by atoms with Gasteiger partial charge in [-0.3, -0.25) is 9.79 Å². The molecular weight excluding hydrogens is 168 g/mol. The second-order valence-electron chi connectivity index (χ2n) is 3.51. The molecule has 1 rings (SSSR count). The Morgan fingerprint density at radius 1 is 1.77 bits per heavy atom. The van der Waals surface area contributed by atoms with Gasteiger partial charge in [0.05, 0.1) is 6.42 Å². The molecule has 0 aliphatic carbocycles. The monoisotopic (exact) mass is 184 g/mol. The van der Waals surface area contributed by atoms with Crippen molar-refractivity contribution in [3.8, 4) is 0 Å². The van der Waals surface area contributed by atoms with E-state index in [2.05, 4.69) is 9.89 Å². The van der Waals surface area contributed by atoms with Crippen molar-refractivity contribution in [2.24, 2.45) is 10.9 Å². The van der Waals surface area contributed by atoms with Crippen molar-refractivity contribution < 1.29 is 9.90 Å². The molecule has 74 valence electrons. The minimum Gasteiger partial charge on any atom is -0.481 e. The molecule has 1 atom stereocenters. The predicted octanol–water partition coefficient (Wildman–Crippen LogP) is 0.831. The summed E-state index contributed by atoms with van der Waals surface area (Å²) in [5.41, 5.74) is 0. The minimum absolute atomic E-state index is 0.0304. The third kappa shape index (κ3) is 2.72. The largest absolute Gasteiger partial charge is 0.481 e. The lowest BCUT2D eigenvalue weighted by Gasteiger charge is -2.28. The maximum atomic E-state index is 10.5. The molecule has 1 N–H and O–H groups in total. The molecule has 1 heterocycles. The number of aliphatic imine (C=N–C) groups is 1. The van der Waals surface area contributed by atoms with Crippen LogP contribution in [0.5, 0.6) is 0 Å². The Hall–Kier alpha value is -1.06. The molecule has 0 bridgehead atoms. The Morgan fingerprint density at radius 3 is 3.00 bits per heavy atom. The Balaban J connectivity index is 2.58. The second kappa shape index (κ2) is 4.25. The van der Waals surface area contributed by atoms with Crippen LogP contribution in [-0.4, -0.2) is 41.9 Å². The average Bonchev–Trinajstić information content (AvgIpc) is 2.03. The van der Waals surface area contributed by atoms with Crippen LogP contribution in [0.4, 0.5) is 0 Å². The zero-order valence-corrected chi connectivity index (χ0v) is 8.16. The number of carbonyl (C=O) groups is 1. The number of aliphatic carboxylic acids is 1. The Kier molecular flexibility index (Phi) is 3.28. The van der Waals surface area contributed by atoms with Crippen molar-refractivity contribution in [3.05, 3.63) is 0 Å². The summed E-state index contributed by atoms with van der Waals surface area (Å²) >= 11 is 0. The molecule has 0 aromatic carbocycles. The van der Waals surface area contributed by atoms with Crippen LogP contribution in [0.15, 0.2) is 4.99 Å². The standard InChI is InChI=1S/C9H16N2O2/c1-7(6-8(12)13)9-10-4-3-5-11(9)2/h7H,3-6H2,1-2H3,(H,12,13). The zero-order valence-electron chi connectivity index (χ0n) is 8.16. The van der Waals surface area contributed by atoms with Crippen molar-refractivity contribution in [1.29, 1.82) is 0 Å². The molecule has 0 amide bonds. The lowest BCUT2D eigenvalue weighted by Crippen LogP contribution is -2.37. The van der Waals surface area contributed by atoms with Gasteiger partial charge in [-0.25, -0.2) is 0 Å². The molecule has 13 heavy (non-hydrogen) atoms. The Labute approximate surface area is 78.3 Å². The van der Waals surface area contributed by atoms with Crippen LogP contribution < -0.4 is 0 Å². The van der Waals surface area contributed by atoms with Gasteiger partial charge in [0.15, 0.2) is 0 Å². The molecule has 0 saturated heterocycles. The number of hydrogen-bond donors (Lipinski definition) is 1. The molecule has 0 aromatic heterocycles. The summed E-state index contributed by atoms with van der Waals surface area (Å²) in [6.45, 7) is 3.74. The lowest BCUT2D eigenvalue weighted by molar-refractivity contribution is -0.137. The van der Waals surface area contributed by atoms with Gasteiger partial charge in [0.25, 0.3) is 0 Å². The summed E-state index contributed by atoms with van der Waals surface area (Å²) in [5, 5.41) is 8.63. The van der Waals surface area contributed by atoms with Crippen LogP contribution in [0.25, 0.3) is 0 Å². The minimum atomic E-state index is -0.755. The fourth-order valence-corrected chi connectivity index (χ4v) is 1.62. The van der Waals surface area contributed by atoms with E-state index in [9.17, 15) is 4.79 Å². The zero-order chi connectivity index (χ0) is 9.84. The predicted molar refractivity (Wildman–Crippen MR) is 51.0 cm³/mol. The van der Waals surface area contributed by atoms with Gasteiger partial charge in [-0.15, -0.1) is 0 Å². The first-order valence-corrected chi connectivity index (χ1v) is 4.58. The first kappa shape index (κ1) is 10.0. The number of amidine groups is 1. The highest BCUT2D eigenvalue weighted by atomic mass is 16.4. The molecule has 4 nitrogen and oxygen atoms in total. The normalized spacial score (nSPS) is 19.5. The van der Waals surface area contributed by atoms with E-state index >= 15 is 0 Å². The van der Waals surface area contributed by atoms with Crippen LogP contribution >= 0.6 is 0 Å². The quantitative estimate of drug-likeness (QED) is 0.706. The summed E-state index contributed by atoms with van der Waals surface area (Å²) in [7, 11) is 1.97. The Morgan fingerprint density at radius 2 is 2.46 bits per heavy atom. The van der Waals surface area contributed by atoms with Crippen LogP contribution in [0.3, 0.4) is 0 Å². The fraction of sp³-hybridized carbons (Fsp3) is 0.778. The van der Waals surface area contributed by atoms with Crippen LogP contribution in [-0.2, 0) is 4.79 Å². The number of hydrogen-bond acceptors (Lipinski definition) is 3. The van der Waals surface area contributed by atoms with Gasteiger partial charge in [0.2, 0.25) is 0 Å². The molecular formula is C9H16N2O2. The average molecular weight is 184 g/mol. The molecule has 1 aliphatic heterocycles. The molecule has 1 unspecified atom stereocenters. The summed E-state index contributed by atoms with van der Waals surface area (Å²) in [6, 6.07) is 0. The first-order chi connectivity index (χ1) is 6.11. The SMILES string of the molecule is CC(CC(=O)O)C1=NCCCN1C. The smallest absolute Gasteiger partial charge is 0.304 e. The van der Waals surface area contributed by atoms with Gasteiger partial charge in [0, 0.05) is 26.1 Å². The molecule has 0 aromatic rings. The van der Waals surface area contributed by atoms with E-state index < -0.39 is 5.97 Å². The number of rotatable bonds is 3. The summed E-state index contributed by atoms with van der Waals surface area (Å²) in [4.78, 5) is 16.9. The highest BCUT2D eigenvalue weighted by Gasteiger charge is 2.19. The molecule has 0 saturated carbocycles. The maximum Gasteiger partial charge on any atom is 0.304 e. The molecule has 1 aliphatic rings. The van der Waals surface area contributed by atoms with Gasteiger partial charge in [-0.2, -0.15) is 0 Å². The van der Waals surface area contributed by atoms with Crippen LogP contribution in [0.2, 0.25) is 0 Å². The van der Waals surface area contributed by atoms with E-state index in [-0.39, 0.29) is 12.3 Å².